The summed E-state index contributed by atoms with van der Waals surface area (Å²) in [5.74, 6) is 0. The highest BCUT2D eigenvalue weighted by Crippen LogP contribution is 2.17. The molecule has 2 heteroatoms. The number of hydrogen-bond donors (Lipinski definition) is 1. The maximum Gasteiger partial charge on any atom is 0.122 e. The van der Waals surface area contributed by atoms with Crippen molar-refractivity contribution in [2.45, 2.75) is 18.0 Å². The molecule has 0 N–H and O–H groups in total. The Balaban J connectivity index is 2.89. The predicted octanol–water partition coefficient (Wildman–Crippen LogP) is 3.01. The summed E-state index contributed by atoms with van der Waals surface area (Å²) in [6.07, 6.45) is -0.881. The van der Waals surface area contributed by atoms with E-state index in [0.717, 1.165) is 4.90 Å². The third kappa shape index (κ3) is 1.74. The van der Waals surface area contributed by atoms with Gasteiger partial charge in [0.05, 0.1) is 0 Å². The van der Waals surface area contributed by atoms with Crippen LogP contribution in [0, 0.1) is 0 Å². The molecule has 1 aromatic rings. The molecule has 1 rings (SSSR count). The van der Waals surface area contributed by atoms with Gasteiger partial charge in [0.1, 0.15) is 6.17 Å². The lowest BCUT2D eigenvalue weighted by Gasteiger charge is -2.00. The van der Waals surface area contributed by atoms with Gasteiger partial charge in [0.25, 0.3) is 0 Å². The second kappa shape index (κ2) is 3.06. The normalized spacial score (nSPS) is 13.1. The van der Waals surface area contributed by atoms with E-state index in [-0.39, 0.29) is 0 Å². The summed E-state index contributed by atoms with van der Waals surface area (Å²) in [6, 6.07) is 7.06. The second-order valence-corrected chi connectivity index (χ2v) is 2.72. The van der Waals surface area contributed by atoms with Gasteiger partial charge in [0, 0.05) is 4.90 Å². The van der Waals surface area contributed by atoms with Gasteiger partial charge in [0.15, 0.2) is 0 Å². The smallest absolute Gasteiger partial charge is 0.122 e. The predicted molar refractivity (Wildman–Crippen MR) is 43.2 cm³/mol. The van der Waals surface area contributed by atoms with Crippen LogP contribution in [0.15, 0.2) is 29.2 Å². The Kier molecular flexibility index (Phi) is 2.33. The van der Waals surface area contributed by atoms with Crippen LogP contribution in [0.3, 0.4) is 0 Å². The Bertz CT molecular complexity index is 203. The van der Waals surface area contributed by atoms with E-state index in [9.17, 15) is 4.39 Å². The molecule has 0 radical (unpaired) electrons. The Labute approximate surface area is 65.5 Å². The molecule has 54 valence electrons. The summed E-state index contributed by atoms with van der Waals surface area (Å²) in [5, 5.41) is 0. The van der Waals surface area contributed by atoms with Crippen molar-refractivity contribution >= 4 is 12.6 Å². The lowest BCUT2D eigenvalue weighted by molar-refractivity contribution is 0.374. The zero-order valence-electron chi connectivity index (χ0n) is 5.71. The summed E-state index contributed by atoms with van der Waals surface area (Å²) in [5.41, 5.74) is 0.706. The fraction of sp³-hybridized carbons (Fsp3) is 0.250. The first kappa shape index (κ1) is 7.61. The van der Waals surface area contributed by atoms with Crippen LogP contribution in [0.4, 0.5) is 4.39 Å². The number of alkyl halides is 1. The molecule has 1 atom stereocenters. The fourth-order valence-corrected chi connectivity index (χ4v) is 0.889. The Hall–Kier alpha value is -0.500. The summed E-state index contributed by atoms with van der Waals surface area (Å²) >= 11 is 4.08. The van der Waals surface area contributed by atoms with Crippen molar-refractivity contribution < 1.29 is 4.39 Å². The van der Waals surface area contributed by atoms with E-state index in [1.807, 2.05) is 0 Å². The molecule has 0 aliphatic heterocycles. The van der Waals surface area contributed by atoms with Crippen molar-refractivity contribution in [1.82, 2.24) is 0 Å². The van der Waals surface area contributed by atoms with Crippen LogP contribution in [0.2, 0.25) is 0 Å². The van der Waals surface area contributed by atoms with Crippen LogP contribution in [0.1, 0.15) is 18.7 Å². The third-order valence-corrected chi connectivity index (χ3v) is 1.65. The highest BCUT2D eigenvalue weighted by Gasteiger charge is 1.99. The average molecular weight is 156 g/mol. The van der Waals surface area contributed by atoms with Gasteiger partial charge in [-0.15, -0.1) is 12.6 Å². The van der Waals surface area contributed by atoms with Crippen LogP contribution < -0.4 is 0 Å². The van der Waals surface area contributed by atoms with Gasteiger partial charge in [-0.05, 0) is 24.6 Å². The van der Waals surface area contributed by atoms with Gasteiger partial charge in [-0.25, -0.2) is 4.39 Å². The van der Waals surface area contributed by atoms with E-state index in [1.54, 1.807) is 24.3 Å². The number of rotatable bonds is 1. The standard InChI is InChI=1S/C8H9FS/c1-6(9)7-2-4-8(10)5-3-7/h2-6,10H,1H3. The zero-order chi connectivity index (χ0) is 7.56. The molecule has 0 aromatic heterocycles. The highest BCUT2D eigenvalue weighted by atomic mass is 32.1. The highest BCUT2D eigenvalue weighted by molar-refractivity contribution is 7.80. The molecule has 1 unspecified atom stereocenters. The fourth-order valence-electron chi connectivity index (χ4n) is 0.740. The average Bonchev–Trinajstić information content (AvgIpc) is 1.88. The van der Waals surface area contributed by atoms with Crippen LogP contribution in [-0.4, -0.2) is 0 Å². The number of halogens is 1. The minimum Gasteiger partial charge on any atom is -0.243 e. The second-order valence-electron chi connectivity index (χ2n) is 2.21. The molecule has 0 spiro atoms. The van der Waals surface area contributed by atoms with Gasteiger partial charge in [-0.2, -0.15) is 0 Å². The molecule has 1 aromatic carbocycles. The molecule has 0 saturated carbocycles. The van der Waals surface area contributed by atoms with E-state index in [1.165, 1.54) is 6.92 Å². The van der Waals surface area contributed by atoms with E-state index in [0.29, 0.717) is 5.56 Å². The van der Waals surface area contributed by atoms with Crippen LogP contribution in [-0.2, 0) is 0 Å². The third-order valence-electron chi connectivity index (χ3n) is 1.35. The van der Waals surface area contributed by atoms with Gasteiger partial charge in [0.2, 0.25) is 0 Å². The summed E-state index contributed by atoms with van der Waals surface area (Å²) in [4.78, 5) is 0.865. The molecule has 0 aliphatic rings. The van der Waals surface area contributed by atoms with Crippen molar-refractivity contribution in [2.24, 2.45) is 0 Å². The lowest BCUT2D eigenvalue weighted by atomic mass is 10.1. The van der Waals surface area contributed by atoms with Crippen molar-refractivity contribution in [3.05, 3.63) is 29.8 Å². The van der Waals surface area contributed by atoms with Crippen molar-refractivity contribution in [2.75, 3.05) is 0 Å². The Morgan fingerprint density at radius 1 is 1.30 bits per heavy atom. The van der Waals surface area contributed by atoms with E-state index < -0.39 is 6.17 Å². The monoisotopic (exact) mass is 156 g/mol. The van der Waals surface area contributed by atoms with E-state index >= 15 is 0 Å². The van der Waals surface area contributed by atoms with E-state index in [2.05, 4.69) is 12.6 Å². The summed E-state index contributed by atoms with van der Waals surface area (Å²) < 4.78 is 12.5. The van der Waals surface area contributed by atoms with Gasteiger partial charge < -0.3 is 0 Å². The van der Waals surface area contributed by atoms with Crippen LogP contribution >= 0.6 is 12.6 Å². The van der Waals surface area contributed by atoms with Gasteiger partial charge >= 0.3 is 0 Å². The molecule has 0 fully saturated rings. The first-order chi connectivity index (χ1) is 4.70. The number of benzene rings is 1. The maximum absolute atomic E-state index is 12.5. The summed E-state index contributed by atoms with van der Waals surface area (Å²) in [6.45, 7) is 1.52. The molecular formula is C8H9FS. The molecule has 0 amide bonds. The molecule has 0 saturated heterocycles. The SMILES string of the molecule is CC(F)c1ccc(S)cc1. The minimum absolute atomic E-state index is 0.706. The van der Waals surface area contributed by atoms with E-state index in [4.69, 9.17) is 0 Å². The van der Waals surface area contributed by atoms with Crippen molar-refractivity contribution in [1.29, 1.82) is 0 Å². The van der Waals surface area contributed by atoms with Crippen molar-refractivity contribution in [3.8, 4) is 0 Å². The largest absolute Gasteiger partial charge is 0.243 e. The van der Waals surface area contributed by atoms with Gasteiger partial charge in [-0.3, -0.25) is 0 Å². The maximum atomic E-state index is 12.5. The van der Waals surface area contributed by atoms with Crippen molar-refractivity contribution in [3.63, 3.8) is 0 Å². The Morgan fingerprint density at radius 2 is 1.80 bits per heavy atom. The molecule has 0 bridgehead atoms. The molecule has 10 heavy (non-hydrogen) atoms. The molecule has 0 heterocycles. The quantitative estimate of drug-likeness (QED) is 0.594. The lowest BCUT2D eigenvalue weighted by Crippen LogP contribution is -1.82. The number of hydrogen-bond acceptors (Lipinski definition) is 1. The topological polar surface area (TPSA) is 0 Å². The van der Waals surface area contributed by atoms with Crippen LogP contribution in [0.25, 0.3) is 0 Å². The Morgan fingerprint density at radius 3 is 2.20 bits per heavy atom. The molecular weight excluding hydrogens is 147 g/mol. The first-order valence-corrected chi connectivity index (χ1v) is 3.58. The summed E-state index contributed by atoms with van der Waals surface area (Å²) in [7, 11) is 0. The van der Waals surface area contributed by atoms with Crippen LogP contribution in [0.5, 0.6) is 0 Å². The first-order valence-electron chi connectivity index (χ1n) is 3.13. The minimum atomic E-state index is -0.881. The van der Waals surface area contributed by atoms with Gasteiger partial charge in [-0.1, -0.05) is 12.1 Å². The molecule has 0 aliphatic carbocycles. The number of thiol groups is 1. The molecule has 0 nitrogen and oxygen atoms in total. The zero-order valence-corrected chi connectivity index (χ0v) is 6.61.